The number of anilines is 1. The number of halogens is 1. The standard InChI is InChI=1S/C23H25ClN4OS/c24-19-5-2-18(3-6-19)4-9-22(16-27-15-13-25-17-27)29-21-10-7-20(8-11-21)28-14-1-12-26-23(28)30/h2-3,5-8,10-11,13,15,17,22H,1,4,9,12,14,16H2,(H,26,30). The fourth-order valence-electron chi connectivity index (χ4n) is 3.57. The number of nitrogens with one attached hydrogen (secondary N) is 1. The molecule has 0 amide bonds. The summed E-state index contributed by atoms with van der Waals surface area (Å²) in [6.07, 6.45) is 8.50. The molecular weight excluding hydrogens is 416 g/mol. The third-order valence-electron chi connectivity index (χ3n) is 5.17. The number of imidazole rings is 1. The van der Waals surface area contributed by atoms with E-state index in [-0.39, 0.29) is 6.10 Å². The number of nitrogens with zero attached hydrogens (tertiary/aromatic N) is 3. The van der Waals surface area contributed by atoms with E-state index in [1.165, 1.54) is 5.56 Å². The van der Waals surface area contributed by atoms with Crippen LogP contribution in [0, 0.1) is 0 Å². The Hall–Kier alpha value is -2.57. The molecule has 0 spiro atoms. The second-order valence-corrected chi connectivity index (χ2v) is 8.22. The van der Waals surface area contributed by atoms with Crippen LogP contribution in [0.5, 0.6) is 5.75 Å². The number of thiocarbonyl (C=S) groups is 1. The molecule has 0 bridgehead atoms. The Balaban J connectivity index is 1.42. The van der Waals surface area contributed by atoms with Crippen molar-refractivity contribution < 1.29 is 4.74 Å². The van der Waals surface area contributed by atoms with Gasteiger partial charge in [0.25, 0.3) is 0 Å². The van der Waals surface area contributed by atoms with E-state index < -0.39 is 0 Å². The SMILES string of the molecule is S=C1NCCCN1c1ccc(OC(CCc2ccc(Cl)cc2)Cn2ccnc2)cc1. The van der Waals surface area contributed by atoms with Gasteiger partial charge in [0.15, 0.2) is 5.11 Å². The van der Waals surface area contributed by atoms with Crippen molar-refractivity contribution in [3.8, 4) is 5.75 Å². The highest BCUT2D eigenvalue weighted by Crippen LogP contribution is 2.23. The Morgan fingerprint density at radius 2 is 1.93 bits per heavy atom. The first kappa shape index (κ1) is 20.7. The van der Waals surface area contributed by atoms with Gasteiger partial charge in [-0.05, 0) is 73.4 Å². The molecule has 1 saturated heterocycles. The van der Waals surface area contributed by atoms with Crippen LogP contribution < -0.4 is 15.0 Å². The quantitative estimate of drug-likeness (QED) is 0.514. The van der Waals surface area contributed by atoms with Crippen molar-refractivity contribution in [3.63, 3.8) is 0 Å². The number of hydrogen-bond acceptors (Lipinski definition) is 3. The minimum Gasteiger partial charge on any atom is -0.489 e. The predicted molar refractivity (Wildman–Crippen MR) is 125 cm³/mol. The molecule has 4 rings (SSSR count). The first-order valence-corrected chi connectivity index (χ1v) is 11.0. The van der Waals surface area contributed by atoms with Gasteiger partial charge in [0.05, 0.1) is 12.9 Å². The third kappa shape index (κ3) is 5.52. The van der Waals surface area contributed by atoms with Crippen molar-refractivity contribution in [2.75, 3.05) is 18.0 Å². The molecule has 30 heavy (non-hydrogen) atoms. The van der Waals surface area contributed by atoms with Crippen LogP contribution in [0.4, 0.5) is 5.69 Å². The number of aromatic nitrogens is 2. The van der Waals surface area contributed by atoms with E-state index in [2.05, 4.69) is 44.0 Å². The summed E-state index contributed by atoms with van der Waals surface area (Å²) in [7, 11) is 0. The molecule has 2 heterocycles. The predicted octanol–water partition coefficient (Wildman–Crippen LogP) is 4.70. The second kappa shape index (κ2) is 9.96. The van der Waals surface area contributed by atoms with Crippen LogP contribution >= 0.6 is 23.8 Å². The van der Waals surface area contributed by atoms with Crippen LogP contribution in [-0.2, 0) is 13.0 Å². The summed E-state index contributed by atoms with van der Waals surface area (Å²) in [5.41, 5.74) is 2.34. The maximum atomic E-state index is 6.36. The minimum atomic E-state index is 0.0263. The smallest absolute Gasteiger partial charge is 0.173 e. The van der Waals surface area contributed by atoms with Gasteiger partial charge in [-0.15, -0.1) is 0 Å². The largest absolute Gasteiger partial charge is 0.489 e. The Bertz CT molecular complexity index is 944. The van der Waals surface area contributed by atoms with Crippen molar-refractivity contribution in [3.05, 3.63) is 77.8 Å². The van der Waals surface area contributed by atoms with Crippen molar-refractivity contribution in [2.45, 2.75) is 31.9 Å². The number of aryl methyl sites for hydroxylation is 1. The molecule has 1 fully saturated rings. The topological polar surface area (TPSA) is 42.3 Å². The lowest BCUT2D eigenvalue weighted by molar-refractivity contribution is 0.170. The zero-order chi connectivity index (χ0) is 20.8. The summed E-state index contributed by atoms with van der Waals surface area (Å²) in [6.45, 7) is 2.63. The molecule has 1 aliphatic rings. The van der Waals surface area contributed by atoms with Gasteiger partial charge < -0.3 is 19.5 Å². The molecular formula is C23H25ClN4OS. The van der Waals surface area contributed by atoms with Gasteiger partial charge in [-0.2, -0.15) is 0 Å². The van der Waals surface area contributed by atoms with Crippen LogP contribution in [0.1, 0.15) is 18.4 Å². The highest BCUT2D eigenvalue weighted by molar-refractivity contribution is 7.80. The second-order valence-electron chi connectivity index (χ2n) is 7.40. The first-order chi connectivity index (χ1) is 14.7. The molecule has 0 radical (unpaired) electrons. The van der Waals surface area contributed by atoms with E-state index >= 15 is 0 Å². The third-order valence-corrected chi connectivity index (χ3v) is 5.79. The lowest BCUT2D eigenvalue weighted by Crippen LogP contribution is -2.46. The maximum Gasteiger partial charge on any atom is 0.173 e. The van der Waals surface area contributed by atoms with Gasteiger partial charge in [-0.25, -0.2) is 4.98 Å². The molecule has 2 aromatic carbocycles. The number of benzene rings is 2. The number of ether oxygens (including phenoxy) is 1. The molecule has 1 unspecified atom stereocenters. The van der Waals surface area contributed by atoms with Gasteiger partial charge in [-0.1, -0.05) is 23.7 Å². The normalized spacial score (nSPS) is 15.0. The van der Waals surface area contributed by atoms with Crippen LogP contribution in [-0.4, -0.2) is 33.9 Å². The highest BCUT2D eigenvalue weighted by Gasteiger charge is 2.17. The molecule has 156 valence electrons. The summed E-state index contributed by atoms with van der Waals surface area (Å²) >= 11 is 11.4. The minimum absolute atomic E-state index is 0.0263. The maximum absolute atomic E-state index is 6.36. The fourth-order valence-corrected chi connectivity index (χ4v) is 3.99. The molecule has 7 heteroatoms. The van der Waals surface area contributed by atoms with Crippen molar-refractivity contribution >= 4 is 34.6 Å². The number of hydrogen-bond donors (Lipinski definition) is 1. The molecule has 0 aliphatic carbocycles. The van der Waals surface area contributed by atoms with E-state index in [9.17, 15) is 0 Å². The van der Waals surface area contributed by atoms with Gasteiger partial charge in [0.1, 0.15) is 11.9 Å². The molecule has 1 N–H and O–H groups in total. The van der Waals surface area contributed by atoms with Gasteiger partial charge >= 0.3 is 0 Å². The van der Waals surface area contributed by atoms with Crippen molar-refractivity contribution in [1.82, 2.24) is 14.9 Å². The summed E-state index contributed by atoms with van der Waals surface area (Å²) in [6, 6.07) is 16.2. The Morgan fingerprint density at radius 3 is 2.63 bits per heavy atom. The zero-order valence-corrected chi connectivity index (χ0v) is 18.3. The van der Waals surface area contributed by atoms with Crippen molar-refractivity contribution in [1.29, 1.82) is 0 Å². The van der Waals surface area contributed by atoms with Crippen LogP contribution in [0.2, 0.25) is 5.02 Å². The van der Waals surface area contributed by atoms with E-state index in [4.69, 9.17) is 28.6 Å². The van der Waals surface area contributed by atoms with Gasteiger partial charge in [0, 0.05) is 36.2 Å². The summed E-state index contributed by atoms with van der Waals surface area (Å²) in [5.74, 6) is 0.857. The average Bonchev–Trinajstić information content (AvgIpc) is 3.27. The average molecular weight is 441 g/mol. The highest BCUT2D eigenvalue weighted by atomic mass is 35.5. The Kier molecular flexibility index (Phi) is 6.87. The molecule has 1 atom stereocenters. The van der Waals surface area contributed by atoms with E-state index in [0.29, 0.717) is 0 Å². The molecule has 5 nitrogen and oxygen atoms in total. The van der Waals surface area contributed by atoms with E-state index in [1.54, 1.807) is 6.20 Å². The van der Waals surface area contributed by atoms with Crippen molar-refractivity contribution in [2.24, 2.45) is 0 Å². The summed E-state index contributed by atoms with van der Waals surface area (Å²) in [5, 5.41) is 4.79. The molecule has 1 aromatic heterocycles. The Morgan fingerprint density at radius 1 is 1.13 bits per heavy atom. The molecule has 3 aromatic rings. The zero-order valence-electron chi connectivity index (χ0n) is 16.7. The molecule has 0 saturated carbocycles. The summed E-state index contributed by atoms with van der Waals surface area (Å²) in [4.78, 5) is 6.28. The van der Waals surface area contributed by atoms with E-state index in [0.717, 1.165) is 60.5 Å². The Labute approximate surface area is 187 Å². The van der Waals surface area contributed by atoms with Crippen LogP contribution in [0.15, 0.2) is 67.3 Å². The van der Waals surface area contributed by atoms with E-state index in [1.807, 2.05) is 36.8 Å². The van der Waals surface area contributed by atoms with Crippen LogP contribution in [0.25, 0.3) is 0 Å². The lowest BCUT2D eigenvalue weighted by Gasteiger charge is -2.30. The number of rotatable bonds is 8. The van der Waals surface area contributed by atoms with Gasteiger partial charge in [0.2, 0.25) is 0 Å². The fraction of sp³-hybridized carbons (Fsp3) is 0.304. The first-order valence-electron chi connectivity index (χ1n) is 10.2. The molecule has 1 aliphatic heterocycles. The monoisotopic (exact) mass is 440 g/mol. The lowest BCUT2D eigenvalue weighted by atomic mass is 10.1. The van der Waals surface area contributed by atoms with Crippen LogP contribution in [0.3, 0.4) is 0 Å². The van der Waals surface area contributed by atoms with Gasteiger partial charge in [-0.3, -0.25) is 0 Å². The summed E-state index contributed by atoms with van der Waals surface area (Å²) < 4.78 is 8.42.